The molecule has 226 valence electrons. The molecule has 2 atom stereocenters. The third kappa shape index (κ3) is 5.84. The molecule has 0 aliphatic carbocycles. The number of nitrogens with two attached hydrogens (primary N) is 1. The number of hydrogen-bond acceptors (Lipinski definition) is 11. The average Bonchev–Trinajstić information content (AvgIpc) is 3.50. The topological polar surface area (TPSA) is 189 Å². The van der Waals surface area contributed by atoms with Crippen LogP contribution in [0.25, 0.3) is 0 Å². The number of anilines is 1. The number of carbonyl (C=O) groups is 1. The number of esters is 1. The third-order valence-corrected chi connectivity index (χ3v) is 6.77. The minimum absolute atomic E-state index is 0.124. The van der Waals surface area contributed by atoms with E-state index in [0.29, 0.717) is 54.1 Å². The van der Waals surface area contributed by atoms with E-state index in [-0.39, 0.29) is 23.8 Å². The summed E-state index contributed by atoms with van der Waals surface area (Å²) < 4.78 is 50.1. The maximum Gasteiger partial charge on any atom is 0.466 e. The molecule has 2 aromatic carbocycles. The van der Waals surface area contributed by atoms with Crippen molar-refractivity contribution in [2.45, 2.75) is 39.3 Å². The van der Waals surface area contributed by atoms with Gasteiger partial charge in [0.1, 0.15) is 0 Å². The van der Waals surface area contributed by atoms with E-state index in [1.807, 2.05) is 33.9 Å². The van der Waals surface area contributed by atoms with Crippen LogP contribution in [-0.4, -0.2) is 72.9 Å². The molecule has 14 nitrogen and oxygen atoms in total. The summed E-state index contributed by atoms with van der Waals surface area (Å²) in [7, 11) is -1.05. The Morgan fingerprint density at radius 2 is 1.61 bits per heavy atom. The van der Waals surface area contributed by atoms with E-state index in [2.05, 4.69) is 4.90 Å². The first-order valence-corrected chi connectivity index (χ1v) is 14.6. The Hall–Kier alpha value is -3.42. The molecule has 15 heteroatoms. The van der Waals surface area contributed by atoms with Gasteiger partial charge in [0.05, 0.1) is 49.8 Å². The van der Waals surface area contributed by atoms with Crippen molar-refractivity contribution in [1.82, 2.24) is 4.90 Å². The first kappa shape index (κ1) is 30.5. The second kappa shape index (κ2) is 12.2. The molecule has 0 spiro atoms. The van der Waals surface area contributed by atoms with Crippen molar-refractivity contribution in [3.63, 3.8) is 0 Å². The highest BCUT2D eigenvalue weighted by molar-refractivity contribution is 7.45. The zero-order valence-corrected chi connectivity index (χ0v) is 24.4. The lowest BCUT2D eigenvalue weighted by Crippen LogP contribution is -2.36. The van der Waals surface area contributed by atoms with Gasteiger partial charge in [0.2, 0.25) is 18.3 Å². The highest BCUT2D eigenvalue weighted by Gasteiger charge is 2.49. The van der Waals surface area contributed by atoms with Crippen LogP contribution in [0, 0.1) is 0 Å². The molecule has 0 bridgehead atoms. The van der Waals surface area contributed by atoms with Crippen molar-refractivity contribution in [1.29, 1.82) is 0 Å². The van der Waals surface area contributed by atoms with Gasteiger partial charge in [-0.25, -0.2) is 9.36 Å². The largest absolute Gasteiger partial charge is 0.492 e. The molecular weight excluding hydrogens is 563 g/mol. The Balaban J connectivity index is 0.000000714. The van der Waals surface area contributed by atoms with Crippen molar-refractivity contribution in [3.8, 4) is 34.5 Å². The zero-order chi connectivity index (χ0) is 30.1. The Labute approximate surface area is 237 Å². The predicted octanol–water partition coefficient (Wildman–Crippen LogP) is 2.71. The molecule has 0 amide bonds. The van der Waals surface area contributed by atoms with E-state index in [1.54, 1.807) is 7.11 Å². The Morgan fingerprint density at radius 3 is 2.22 bits per heavy atom. The summed E-state index contributed by atoms with van der Waals surface area (Å²) >= 11 is 0. The van der Waals surface area contributed by atoms with Crippen LogP contribution < -0.4 is 34.2 Å². The van der Waals surface area contributed by atoms with Crippen molar-refractivity contribution in [2.24, 2.45) is 0 Å². The average molecular weight is 599 g/mol. The van der Waals surface area contributed by atoms with E-state index in [9.17, 15) is 4.79 Å². The van der Waals surface area contributed by atoms with Crippen molar-refractivity contribution in [2.75, 3.05) is 53.0 Å². The van der Waals surface area contributed by atoms with Crippen LogP contribution in [0.15, 0.2) is 6.07 Å². The fourth-order valence-corrected chi connectivity index (χ4v) is 5.37. The standard InChI is InChI=1S/C26H32N2O8.H3O4P/c1-6-31-23-17-16(18(27)24(32-7-2)25(23)33-8-3)26(29)36-21(17)19-15-13(9-10-28(19)4)11-14-20(22(15)30-5)35-12-34-14;1-5(2,3)4/h11,19,21H,6-10,12,27H2,1-5H3;(H3,1,2,3,4). The van der Waals surface area contributed by atoms with Gasteiger partial charge in [-0.2, -0.15) is 0 Å². The molecule has 5 N–H and O–H groups in total. The van der Waals surface area contributed by atoms with Crippen LogP contribution in [0.2, 0.25) is 0 Å². The molecule has 2 aromatic rings. The van der Waals surface area contributed by atoms with Crippen LogP contribution in [0.1, 0.15) is 60.0 Å². The molecule has 0 fully saturated rings. The number of methoxy groups -OCH3 is 1. The normalized spacial score (nSPS) is 19.0. The predicted molar refractivity (Wildman–Crippen MR) is 145 cm³/mol. The van der Waals surface area contributed by atoms with Gasteiger partial charge in [0.15, 0.2) is 29.1 Å². The van der Waals surface area contributed by atoms with Gasteiger partial charge >= 0.3 is 13.8 Å². The lowest BCUT2D eigenvalue weighted by molar-refractivity contribution is 0.00816. The number of hydrogen-bond donors (Lipinski definition) is 4. The molecule has 0 saturated heterocycles. The van der Waals surface area contributed by atoms with Crippen LogP contribution >= 0.6 is 7.82 Å². The smallest absolute Gasteiger partial charge is 0.466 e. The summed E-state index contributed by atoms with van der Waals surface area (Å²) in [6.45, 7) is 7.50. The number of benzene rings is 2. The van der Waals surface area contributed by atoms with E-state index in [0.717, 1.165) is 24.1 Å². The second-order valence-corrected chi connectivity index (χ2v) is 10.2. The van der Waals surface area contributed by atoms with Gasteiger partial charge in [-0.3, -0.25) is 4.90 Å². The number of likely N-dealkylation sites (N-methyl/N-ethyl adjacent to an activating group) is 1. The highest BCUT2D eigenvalue weighted by Crippen LogP contribution is 2.59. The molecule has 3 aliphatic heterocycles. The number of ether oxygens (including phenoxy) is 7. The van der Waals surface area contributed by atoms with Crippen LogP contribution in [0.3, 0.4) is 0 Å². The molecule has 5 rings (SSSR count). The van der Waals surface area contributed by atoms with Gasteiger partial charge in [-0.1, -0.05) is 0 Å². The summed E-state index contributed by atoms with van der Waals surface area (Å²) in [6.07, 6.45) is 0.0427. The van der Waals surface area contributed by atoms with Gasteiger partial charge in [0.25, 0.3) is 0 Å². The number of nitrogen functional groups attached to an aromatic ring is 1. The molecule has 0 saturated carbocycles. The number of cyclic esters (lactones) is 1. The summed E-state index contributed by atoms with van der Waals surface area (Å²) in [6, 6.07) is 1.59. The molecule has 3 aliphatic rings. The Morgan fingerprint density at radius 1 is 1.00 bits per heavy atom. The zero-order valence-electron chi connectivity index (χ0n) is 23.5. The molecular formula is C26H35N2O12P. The summed E-state index contributed by atoms with van der Waals surface area (Å²) in [5.41, 5.74) is 9.43. The quantitative estimate of drug-likeness (QED) is 0.197. The SMILES string of the molecule is CCOc1c(N)c2c(c(OCC)c1OCC)C(C1c3c(cc4c(c3OC)OCO4)CCN1C)OC2=O.O=P(O)(O)O. The lowest BCUT2D eigenvalue weighted by atomic mass is 9.85. The minimum atomic E-state index is -4.64. The maximum absolute atomic E-state index is 13.3. The van der Waals surface area contributed by atoms with Crippen LogP contribution in [0.5, 0.6) is 34.5 Å². The first-order chi connectivity index (χ1) is 19.5. The Kier molecular flexibility index (Phi) is 9.10. The van der Waals surface area contributed by atoms with Crippen molar-refractivity contribution < 1.29 is 57.2 Å². The van der Waals surface area contributed by atoms with E-state index < -0.39 is 25.9 Å². The fraction of sp³-hybridized carbons (Fsp3) is 0.500. The summed E-state index contributed by atoms with van der Waals surface area (Å²) in [5, 5.41) is 0. The molecule has 41 heavy (non-hydrogen) atoms. The van der Waals surface area contributed by atoms with Gasteiger partial charge < -0.3 is 53.6 Å². The maximum atomic E-state index is 13.3. The van der Waals surface area contributed by atoms with E-state index >= 15 is 0 Å². The number of rotatable bonds is 8. The van der Waals surface area contributed by atoms with Crippen LogP contribution in [-0.2, 0) is 15.7 Å². The summed E-state index contributed by atoms with van der Waals surface area (Å²) in [4.78, 5) is 37.0. The fourth-order valence-electron chi connectivity index (χ4n) is 5.37. The van der Waals surface area contributed by atoms with Crippen molar-refractivity contribution >= 4 is 19.5 Å². The van der Waals surface area contributed by atoms with E-state index in [4.69, 9.17) is 58.1 Å². The van der Waals surface area contributed by atoms with E-state index in [1.165, 1.54) is 0 Å². The number of fused-ring (bicyclic) bond motifs is 3. The summed E-state index contributed by atoms with van der Waals surface area (Å²) in [5.74, 6) is 2.31. The Bertz CT molecular complexity index is 1350. The van der Waals surface area contributed by atoms with Gasteiger partial charge in [-0.05, 0) is 45.9 Å². The number of nitrogens with zero attached hydrogens (tertiary/aromatic N) is 1. The number of carbonyl (C=O) groups excluding carboxylic acids is 1. The molecule has 0 radical (unpaired) electrons. The van der Waals surface area contributed by atoms with Crippen LogP contribution in [0.4, 0.5) is 5.69 Å². The highest BCUT2D eigenvalue weighted by atomic mass is 31.2. The second-order valence-electron chi connectivity index (χ2n) is 9.22. The monoisotopic (exact) mass is 598 g/mol. The minimum Gasteiger partial charge on any atom is -0.492 e. The van der Waals surface area contributed by atoms with Gasteiger partial charge in [-0.15, -0.1) is 0 Å². The molecule has 0 aromatic heterocycles. The lowest BCUT2D eigenvalue weighted by Gasteiger charge is -2.38. The first-order valence-electron chi connectivity index (χ1n) is 13.0. The van der Waals surface area contributed by atoms with Gasteiger partial charge in [0, 0.05) is 12.1 Å². The molecule has 3 heterocycles. The van der Waals surface area contributed by atoms with Crippen molar-refractivity contribution in [3.05, 3.63) is 28.3 Å². The molecule has 2 unspecified atom stereocenters. The third-order valence-electron chi connectivity index (χ3n) is 6.77. The number of phosphoric acid groups is 1.